The van der Waals surface area contributed by atoms with Gasteiger partial charge in [-0.3, -0.25) is 5.10 Å². The molecule has 1 aliphatic heterocycles. The summed E-state index contributed by atoms with van der Waals surface area (Å²) in [5.74, 6) is 2.54. The minimum Gasteiger partial charge on any atom is -0.353 e. The van der Waals surface area contributed by atoms with Gasteiger partial charge < -0.3 is 10.6 Å². The molecule has 1 fully saturated rings. The lowest BCUT2D eigenvalue weighted by Crippen LogP contribution is -2.43. The molecular formula is C15H26N4. The van der Waals surface area contributed by atoms with E-state index in [-0.39, 0.29) is 0 Å². The van der Waals surface area contributed by atoms with Crippen LogP contribution in [0.15, 0.2) is 0 Å². The normalized spacial score (nSPS) is 27.7. The van der Waals surface area contributed by atoms with Crippen LogP contribution in [0, 0.1) is 5.92 Å². The van der Waals surface area contributed by atoms with Crippen LogP contribution in [0.3, 0.4) is 0 Å². The van der Waals surface area contributed by atoms with E-state index in [4.69, 9.17) is 5.73 Å². The number of aromatic amines is 1. The second-order valence-electron chi connectivity index (χ2n) is 6.53. The van der Waals surface area contributed by atoms with E-state index in [1.807, 2.05) is 0 Å². The Hall–Kier alpha value is -1.03. The lowest BCUT2D eigenvalue weighted by atomic mass is 9.80. The Bertz CT molecular complexity index is 437. The van der Waals surface area contributed by atoms with Crippen molar-refractivity contribution >= 4 is 5.82 Å². The van der Waals surface area contributed by atoms with Crippen LogP contribution in [0.5, 0.6) is 0 Å². The maximum absolute atomic E-state index is 6.10. The van der Waals surface area contributed by atoms with Crippen LogP contribution < -0.4 is 10.6 Å². The molecule has 1 aromatic heterocycles. The highest BCUT2D eigenvalue weighted by Crippen LogP contribution is 2.39. The predicted octanol–water partition coefficient (Wildman–Crippen LogP) is 2.41. The van der Waals surface area contributed by atoms with Crippen molar-refractivity contribution in [1.82, 2.24) is 10.2 Å². The van der Waals surface area contributed by atoms with E-state index in [1.165, 1.54) is 42.8 Å². The quantitative estimate of drug-likeness (QED) is 0.860. The average Bonchev–Trinajstić information content (AvgIpc) is 2.82. The van der Waals surface area contributed by atoms with Crippen LogP contribution >= 0.6 is 0 Å². The summed E-state index contributed by atoms with van der Waals surface area (Å²) >= 11 is 0. The summed E-state index contributed by atoms with van der Waals surface area (Å²) in [5, 5.41) is 7.97. The van der Waals surface area contributed by atoms with Crippen molar-refractivity contribution in [1.29, 1.82) is 0 Å². The summed E-state index contributed by atoms with van der Waals surface area (Å²) in [5.41, 5.74) is 8.97. The standard InChI is InChI=1S/C15H26N4/c1-10(2)12-6-3-7-13-14(12)17-18-15(13)19-8-4-5-11(16)9-19/h10-12H,3-9,16H2,1-2H3,(H,17,18). The van der Waals surface area contributed by atoms with Gasteiger partial charge in [0.2, 0.25) is 0 Å². The van der Waals surface area contributed by atoms with E-state index < -0.39 is 0 Å². The van der Waals surface area contributed by atoms with E-state index in [0.29, 0.717) is 17.9 Å². The van der Waals surface area contributed by atoms with Crippen LogP contribution in [-0.2, 0) is 6.42 Å². The third-order valence-corrected chi connectivity index (χ3v) is 4.75. The van der Waals surface area contributed by atoms with Gasteiger partial charge in [-0.2, -0.15) is 5.10 Å². The number of hydrogen-bond acceptors (Lipinski definition) is 3. The van der Waals surface area contributed by atoms with Gasteiger partial charge in [-0.1, -0.05) is 13.8 Å². The van der Waals surface area contributed by atoms with Gasteiger partial charge in [0, 0.05) is 36.3 Å². The summed E-state index contributed by atoms with van der Waals surface area (Å²) in [7, 11) is 0. The van der Waals surface area contributed by atoms with Crippen LogP contribution in [0.25, 0.3) is 0 Å². The minimum absolute atomic E-state index is 0.311. The maximum atomic E-state index is 6.10. The Balaban J connectivity index is 1.88. The molecule has 19 heavy (non-hydrogen) atoms. The molecule has 1 aromatic rings. The van der Waals surface area contributed by atoms with Gasteiger partial charge in [-0.15, -0.1) is 0 Å². The van der Waals surface area contributed by atoms with Crippen LogP contribution in [0.2, 0.25) is 0 Å². The van der Waals surface area contributed by atoms with Gasteiger partial charge in [0.15, 0.2) is 5.82 Å². The number of nitrogens with zero attached hydrogens (tertiary/aromatic N) is 2. The van der Waals surface area contributed by atoms with Crippen molar-refractivity contribution in [2.24, 2.45) is 11.7 Å². The summed E-state index contributed by atoms with van der Waals surface area (Å²) < 4.78 is 0. The summed E-state index contributed by atoms with van der Waals surface area (Å²) in [4.78, 5) is 2.40. The maximum Gasteiger partial charge on any atom is 0.153 e. The molecule has 0 radical (unpaired) electrons. The lowest BCUT2D eigenvalue weighted by Gasteiger charge is -2.32. The van der Waals surface area contributed by atoms with Crippen molar-refractivity contribution in [3.05, 3.63) is 11.3 Å². The molecule has 0 saturated carbocycles. The molecule has 2 heterocycles. The van der Waals surface area contributed by atoms with Crippen LogP contribution in [-0.4, -0.2) is 29.3 Å². The van der Waals surface area contributed by atoms with Crippen molar-refractivity contribution in [2.75, 3.05) is 18.0 Å². The SMILES string of the molecule is CC(C)C1CCCc2c(N3CCCC(N)C3)n[nH]c21. The van der Waals surface area contributed by atoms with Gasteiger partial charge in [0.05, 0.1) is 0 Å². The summed E-state index contributed by atoms with van der Waals surface area (Å²) in [6, 6.07) is 0.311. The van der Waals surface area contributed by atoms with Gasteiger partial charge in [-0.25, -0.2) is 0 Å². The fraction of sp³-hybridized carbons (Fsp3) is 0.800. The highest BCUT2D eigenvalue weighted by molar-refractivity contribution is 5.51. The third kappa shape index (κ3) is 2.38. The molecule has 0 spiro atoms. The Morgan fingerprint density at radius 3 is 2.89 bits per heavy atom. The number of anilines is 1. The van der Waals surface area contributed by atoms with Crippen molar-refractivity contribution in [3.8, 4) is 0 Å². The minimum atomic E-state index is 0.311. The van der Waals surface area contributed by atoms with Crippen LogP contribution in [0.4, 0.5) is 5.82 Å². The summed E-state index contributed by atoms with van der Waals surface area (Å²) in [6.45, 7) is 6.70. The molecule has 0 amide bonds. The fourth-order valence-corrected chi connectivity index (χ4v) is 3.70. The first-order chi connectivity index (χ1) is 9.16. The second kappa shape index (κ2) is 5.16. The molecule has 3 N–H and O–H groups in total. The molecule has 2 aliphatic rings. The highest BCUT2D eigenvalue weighted by Gasteiger charge is 2.30. The first kappa shape index (κ1) is 13.0. The van der Waals surface area contributed by atoms with Crippen LogP contribution in [0.1, 0.15) is 56.7 Å². The number of nitrogens with two attached hydrogens (primary N) is 1. The average molecular weight is 262 g/mol. The first-order valence-corrected chi connectivity index (χ1v) is 7.74. The zero-order valence-corrected chi connectivity index (χ0v) is 12.2. The van der Waals surface area contributed by atoms with Gasteiger partial charge in [0.25, 0.3) is 0 Å². The fourth-order valence-electron chi connectivity index (χ4n) is 3.70. The molecule has 2 unspecified atom stereocenters. The molecule has 106 valence electrons. The van der Waals surface area contributed by atoms with Gasteiger partial charge in [-0.05, 0) is 38.0 Å². The predicted molar refractivity (Wildman–Crippen MR) is 78.5 cm³/mol. The van der Waals surface area contributed by atoms with Gasteiger partial charge >= 0.3 is 0 Å². The first-order valence-electron chi connectivity index (χ1n) is 7.74. The molecule has 1 saturated heterocycles. The number of hydrogen-bond donors (Lipinski definition) is 2. The molecule has 4 heteroatoms. The van der Waals surface area contributed by atoms with E-state index in [0.717, 1.165) is 19.5 Å². The molecular weight excluding hydrogens is 236 g/mol. The smallest absolute Gasteiger partial charge is 0.153 e. The van der Waals surface area contributed by atoms with E-state index in [9.17, 15) is 0 Å². The molecule has 4 nitrogen and oxygen atoms in total. The number of aromatic nitrogens is 2. The largest absolute Gasteiger partial charge is 0.353 e. The Labute approximate surface area is 115 Å². The number of fused-ring (bicyclic) bond motifs is 1. The van der Waals surface area contributed by atoms with E-state index in [2.05, 4.69) is 28.9 Å². The number of H-pyrrole nitrogens is 1. The summed E-state index contributed by atoms with van der Waals surface area (Å²) in [6.07, 6.45) is 6.11. The third-order valence-electron chi connectivity index (χ3n) is 4.75. The Morgan fingerprint density at radius 2 is 2.16 bits per heavy atom. The van der Waals surface area contributed by atoms with E-state index >= 15 is 0 Å². The number of rotatable bonds is 2. The Kier molecular flexibility index (Phi) is 3.52. The number of piperidine rings is 1. The zero-order chi connectivity index (χ0) is 13.4. The van der Waals surface area contributed by atoms with Gasteiger partial charge in [0.1, 0.15) is 0 Å². The lowest BCUT2D eigenvalue weighted by molar-refractivity contribution is 0.424. The molecule has 1 aliphatic carbocycles. The Morgan fingerprint density at radius 1 is 1.32 bits per heavy atom. The molecule has 2 atom stereocenters. The highest BCUT2D eigenvalue weighted by atomic mass is 15.3. The molecule has 3 rings (SSSR count). The topological polar surface area (TPSA) is 57.9 Å². The number of nitrogens with one attached hydrogen (secondary N) is 1. The van der Waals surface area contributed by atoms with E-state index in [1.54, 1.807) is 0 Å². The molecule has 0 bridgehead atoms. The second-order valence-corrected chi connectivity index (χ2v) is 6.53. The monoisotopic (exact) mass is 262 g/mol. The van der Waals surface area contributed by atoms with Crippen molar-refractivity contribution in [2.45, 2.75) is 57.9 Å². The zero-order valence-electron chi connectivity index (χ0n) is 12.2. The molecule has 0 aromatic carbocycles. The van der Waals surface area contributed by atoms with Crippen molar-refractivity contribution in [3.63, 3.8) is 0 Å². The van der Waals surface area contributed by atoms with Crippen molar-refractivity contribution < 1.29 is 0 Å².